The van der Waals surface area contributed by atoms with Gasteiger partial charge in [0.05, 0.1) is 0 Å². The van der Waals surface area contributed by atoms with E-state index in [1.54, 1.807) is 18.2 Å². The van der Waals surface area contributed by atoms with Crippen LogP contribution in [-0.4, -0.2) is 16.1 Å². The lowest BCUT2D eigenvalue weighted by atomic mass is 9.48. The van der Waals surface area contributed by atoms with Crippen LogP contribution in [0.3, 0.4) is 0 Å². The number of hydrogen-bond acceptors (Lipinski definition) is 2. The lowest BCUT2D eigenvalue weighted by Gasteiger charge is -2.55. The summed E-state index contributed by atoms with van der Waals surface area (Å²) in [6.45, 7) is 0. The molecule has 1 aromatic rings. The van der Waals surface area contributed by atoms with E-state index in [0.717, 1.165) is 42.6 Å². The van der Waals surface area contributed by atoms with Gasteiger partial charge < -0.3 is 4.55 Å². The summed E-state index contributed by atoms with van der Waals surface area (Å²) in [6.07, 6.45) is 7.06. The number of carbonyl (C=O) groups excluding carboxylic acids is 1. The van der Waals surface area contributed by atoms with Gasteiger partial charge in [0, 0.05) is 21.0 Å². The first kappa shape index (κ1) is 17.2. The van der Waals surface area contributed by atoms with E-state index in [9.17, 15) is 9.35 Å². The van der Waals surface area contributed by atoms with Crippen molar-refractivity contribution in [3.05, 3.63) is 33.8 Å². The molecule has 0 amide bonds. The third-order valence-corrected chi connectivity index (χ3v) is 8.06. The SMILES string of the molecule is O=C(C[S+]([O-])Cc1ccc(Cl)cc1Cl)C12CC3CC(CC(C3)C1)C2. The summed E-state index contributed by atoms with van der Waals surface area (Å²) in [5.41, 5.74) is 0.645. The molecule has 0 heterocycles. The normalized spacial score (nSPS) is 35.2. The lowest BCUT2D eigenvalue weighted by molar-refractivity contribution is -0.141. The van der Waals surface area contributed by atoms with Crippen LogP contribution in [0.15, 0.2) is 18.2 Å². The van der Waals surface area contributed by atoms with Crippen molar-refractivity contribution in [3.8, 4) is 0 Å². The van der Waals surface area contributed by atoms with Crippen LogP contribution in [0.1, 0.15) is 44.1 Å². The van der Waals surface area contributed by atoms with Crippen LogP contribution >= 0.6 is 23.2 Å². The second kappa shape index (κ2) is 6.50. The van der Waals surface area contributed by atoms with Crippen molar-refractivity contribution in [2.45, 2.75) is 44.3 Å². The minimum atomic E-state index is -1.21. The van der Waals surface area contributed by atoms with Crippen molar-refractivity contribution in [1.29, 1.82) is 0 Å². The van der Waals surface area contributed by atoms with E-state index in [-0.39, 0.29) is 17.0 Å². The van der Waals surface area contributed by atoms with Gasteiger partial charge in [0.15, 0.2) is 11.5 Å². The molecule has 4 aliphatic rings. The Kier molecular flexibility index (Phi) is 4.66. The zero-order valence-electron chi connectivity index (χ0n) is 13.6. The van der Waals surface area contributed by atoms with Gasteiger partial charge in [-0.1, -0.05) is 29.3 Å². The third-order valence-electron chi connectivity index (χ3n) is 6.25. The first-order valence-electron chi connectivity index (χ1n) is 8.76. The maximum atomic E-state index is 13.0. The molecule has 0 saturated heterocycles. The van der Waals surface area contributed by atoms with E-state index in [2.05, 4.69) is 0 Å². The topological polar surface area (TPSA) is 40.1 Å². The Morgan fingerprint density at radius 2 is 1.71 bits per heavy atom. The number of carbonyl (C=O) groups is 1. The highest BCUT2D eigenvalue weighted by Gasteiger charge is 2.54. The van der Waals surface area contributed by atoms with Crippen LogP contribution in [0.2, 0.25) is 10.0 Å². The standard InChI is InChI=1S/C19H22Cl2O2S/c20-16-2-1-15(17(21)6-16)10-24(23)11-18(22)19-7-12-3-13(8-19)5-14(4-12)9-19/h1-2,6,12-14H,3-5,7-11H2. The number of Topliss-reactive ketones (excluding diaryl/α,β-unsaturated/α-hetero) is 1. The molecule has 130 valence electrons. The molecule has 0 aromatic heterocycles. The molecule has 1 unspecified atom stereocenters. The molecule has 0 spiro atoms. The first-order valence-corrected chi connectivity index (χ1v) is 11.0. The number of halogens is 2. The van der Waals surface area contributed by atoms with Crippen molar-refractivity contribution in [1.82, 2.24) is 0 Å². The average Bonchev–Trinajstić information content (AvgIpc) is 2.48. The van der Waals surface area contributed by atoms with Gasteiger partial charge in [-0.2, -0.15) is 0 Å². The Balaban J connectivity index is 1.42. The molecule has 4 fully saturated rings. The van der Waals surface area contributed by atoms with Gasteiger partial charge in [-0.05, 0) is 79.6 Å². The molecule has 4 aliphatic carbocycles. The maximum Gasteiger partial charge on any atom is 0.187 e. The minimum absolute atomic E-state index is 0.159. The summed E-state index contributed by atoms with van der Waals surface area (Å²) in [7, 11) is 0. The fourth-order valence-corrected chi connectivity index (χ4v) is 7.47. The molecule has 1 atom stereocenters. The van der Waals surface area contributed by atoms with E-state index < -0.39 is 11.2 Å². The van der Waals surface area contributed by atoms with E-state index in [1.165, 1.54) is 19.3 Å². The highest BCUT2D eigenvalue weighted by molar-refractivity contribution is 7.91. The molecule has 4 bridgehead atoms. The van der Waals surface area contributed by atoms with Crippen LogP contribution in [-0.2, 0) is 21.7 Å². The fraction of sp³-hybridized carbons (Fsp3) is 0.632. The van der Waals surface area contributed by atoms with Gasteiger partial charge in [-0.25, -0.2) is 0 Å². The molecule has 0 N–H and O–H groups in total. The Morgan fingerprint density at radius 1 is 1.12 bits per heavy atom. The number of ketones is 1. The maximum absolute atomic E-state index is 13.0. The van der Waals surface area contributed by atoms with Crippen molar-refractivity contribution < 1.29 is 9.35 Å². The Morgan fingerprint density at radius 3 is 2.25 bits per heavy atom. The quantitative estimate of drug-likeness (QED) is 0.667. The molecule has 2 nitrogen and oxygen atoms in total. The second-order valence-electron chi connectivity index (χ2n) is 8.09. The van der Waals surface area contributed by atoms with E-state index in [4.69, 9.17) is 23.2 Å². The van der Waals surface area contributed by atoms with Crippen LogP contribution in [0.5, 0.6) is 0 Å². The summed E-state index contributed by atoms with van der Waals surface area (Å²) >= 11 is 10.9. The van der Waals surface area contributed by atoms with Crippen LogP contribution in [0, 0.1) is 23.2 Å². The summed E-state index contributed by atoms with van der Waals surface area (Å²) in [6, 6.07) is 5.22. The average molecular weight is 385 g/mol. The van der Waals surface area contributed by atoms with Gasteiger partial charge in [-0.15, -0.1) is 0 Å². The molecule has 4 saturated carbocycles. The zero-order valence-corrected chi connectivity index (χ0v) is 15.9. The second-order valence-corrected chi connectivity index (χ2v) is 10.4. The van der Waals surface area contributed by atoms with Crippen molar-refractivity contribution in [2.75, 3.05) is 5.75 Å². The molecular weight excluding hydrogens is 363 g/mol. The van der Waals surface area contributed by atoms with E-state index in [0.29, 0.717) is 15.8 Å². The highest BCUT2D eigenvalue weighted by Crippen LogP contribution is 2.60. The number of rotatable bonds is 5. The Labute approximate surface area is 156 Å². The fourth-order valence-electron chi connectivity index (χ4n) is 5.61. The molecular formula is C19H22Cl2O2S. The number of benzene rings is 1. The zero-order chi connectivity index (χ0) is 16.9. The summed E-state index contributed by atoms with van der Waals surface area (Å²) in [4.78, 5) is 13.0. The largest absolute Gasteiger partial charge is 0.616 e. The van der Waals surface area contributed by atoms with Gasteiger partial charge in [0.1, 0.15) is 5.75 Å². The summed E-state index contributed by atoms with van der Waals surface area (Å²) in [5, 5.41) is 1.09. The first-order chi connectivity index (χ1) is 11.4. The van der Waals surface area contributed by atoms with Crippen LogP contribution < -0.4 is 0 Å². The molecule has 0 aliphatic heterocycles. The number of hydrogen-bond donors (Lipinski definition) is 0. The molecule has 0 radical (unpaired) electrons. The molecule has 1 aromatic carbocycles. The van der Waals surface area contributed by atoms with Crippen molar-refractivity contribution in [2.24, 2.45) is 23.2 Å². The summed E-state index contributed by atoms with van der Waals surface area (Å²) < 4.78 is 12.6. The van der Waals surface area contributed by atoms with Crippen molar-refractivity contribution >= 4 is 40.2 Å². The minimum Gasteiger partial charge on any atom is -0.616 e. The van der Waals surface area contributed by atoms with E-state index in [1.807, 2.05) is 0 Å². The predicted molar refractivity (Wildman–Crippen MR) is 98.8 cm³/mol. The smallest absolute Gasteiger partial charge is 0.187 e. The van der Waals surface area contributed by atoms with Gasteiger partial charge in [-0.3, -0.25) is 4.79 Å². The van der Waals surface area contributed by atoms with Gasteiger partial charge in [0.25, 0.3) is 0 Å². The van der Waals surface area contributed by atoms with Crippen LogP contribution in [0.4, 0.5) is 0 Å². The van der Waals surface area contributed by atoms with E-state index >= 15 is 0 Å². The predicted octanol–water partition coefficient (Wildman–Crippen LogP) is 5.03. The monoisotopic (exact) mass is 384 g/mol. The van der Waals surface area contributed by atoms with Crippen molar-refractivity contribution in [3.63, 3.8) is 0 Å². The Bertz CT molecular complexity index is 625. The van der Waals surface area contributed by atoms with Gasteiger partial charge >= 0.3 is 0 Å². The molecule has 5 rings (SSSR count). The molecule has 5 heteroatoms. The van der Waals surface area contributed by atoms with Gasteiger partial charge in [0.2, 0.25) is 0 Å². The highest BCUT2D eigenvalue weighted by atomic mass is 35.5. The van der Waals surface area contributed by atoms with Crippen LogP contribution in [0.25, 0.3) is 0 Å². The third kappa shape index (κ3) is 3.25. The summed E-state index contributed by atoms with van der Waals surface area (Å²) in [5.74, 6) is 2.95. The molecule has 24 heavy (non-hydrogen) atoms. The Hall–Kier alpha value is -0.220. The lowest BCUT2D eigenvalue weighted by Crippen LogP contribution is -2.51.